The number of nitro groups is 1. The summed E-state index contributed by atoms with van der Waals surface area (Å²) in [6.07, 6.45) is 6.92. The monoisotopic (exact) mass is 332 g/mol. The maximum atomic E-state index is 11.5. The van der Waals surface area contributed by atoms with Crippen LogP contribution in [0.25, 0.3) is 0 Å². The van der Waals surface area contributed by atoms with Gasteiger partial charge in [0.05, 0.1) is 4.92 Å². The molecule has 1 fully saturated rings. The molecule has 0 aromatic carbocycles. The zero-order chi connectivity index (χ0) is 16.1. The number of pyridine rings is 1. The average Bonchev–Trinajstić information content (AvgIpc) is 3.21. The van der Waals surface area contributed by atoms with Crippen molar-refractivity contribution in [2.45, 2.75) is 38.1 Å². The van der Waals surface area contributed by atoms with E-state index in [1.807, 2.05) is 11.4 Å². The molecule has 2 heterocycles. The van der Waals surface area contributed by atoms with Gasteiger partial charge in [-0.25, -0.2) is 4.98 Å². The summed E-state index contributed by atoms with van der Waals surface area (Å²) in [6.45, 7) is 0.661. The summed E-state index contributed by atoms with van der Waals surface area (Å²) in [7, 11) is 0. The zero-order valence-corrected chi connectivity index (χ0v) is 13.6. The molecule has 1 aliphatic rings. The second-order valence-corrected chi connectivity index (χ2v) is 6.73. The number of rotatable bonds is 7. The van der Waals surface area contributed by atoms with Crippen molar-refractivity contribution >= 4 is 28.5 Å². The Bertz CT molecular complexity index is 654. The van der Waals surface area contributed by atoms with Crippen LogP contribution in [0.4, 0.5) is 17.2 Å². The molecule has 0 atom stereocenters. The van der Waals surface area contributed by atoms with Crippen LogP contribution < -0.4 is 10.6 Å². The maximum Gasteiger partial charge on any atom is 0.334 e. The van der Waals surface area contributed by atoms with Gasteiger partial charge >= 0.3 is 5.69 Å². The van der Waals surface area contributed by atoms with Crippen LogP contribution in [0.3, 0.4) is 0 Å². The fraction of sp³-hybridized carbons (Fsp3) is 0.438. The van der Waals surface area contributed by atoms with E-state index >= 15 is 0 Å². The first-order valence-corrected chi connectivity index (χ1v) is 8.78. The highest BCUT2D eigenvalue weighted by Crippen LogP contribution is 2.33. The van der Waals surface area contributed by atoms with Crippen molar-refractivity contribution in [2.75, 3.05) is 17.2 Å². The molecule has 0 radical (unpaired) electrons. The van der Waals surface area contributed by atoms with Crippen LogP contribution in [0.1, 0.15) is 30.6 Å². The van der Waals surface area contributed by atoms with Crippen LogP contribution in [-0.4, -0.2) is 22.5 Å². The molecule has 0 spiro atoms. The molecule has 1 saturated carbocycles. The van der Waals surface area contributed by atoms with Crippen LogP contribution in [0, 0.1) is 10.1 Å². The Morgan fingerprint density at radius 2 is 2.17 bits per heavy atom. The van der Waals surface area contributed by atoms with Crippen LogP contribution in [0.2, 0.25) is 0 Å². The smallest absolute Gasteiger partial charge is 0.334 e. The van der Waals surface area contributed by atoms with Crippen molar-refractivity contribution < 1.29 is 4.92 Å². The van der Waals surface area contributed by atoms with Gasteiger partial charge < -0.3 is 10.6 Å². The molecule has 7 heteroatoms. The van der Waals surface area contributed by atoms with Gasteiger partial charge in [0.15, 0.2) is 0 Å². The van der Waals surface area contributed by atoms with Gasteiger partial charge in [-0.2, -0.15) is 0 Å². The molecule has 3 rings (SSSR count). The Labute approximate surface area is 139 Å². The normalized spacial score (nSPS) is 14.8. The largest absolute Gasteiger partial charge is 0.379 e. The molecule has 6 nitrogen and oxygen atoms in total. The second kappa shape index (κ2) is 7.41. The number of hydrogen-bond donors (Lipinski definition) is 2. The summed E-state index contributed by atoms with van der Waals surface area (Å²) in [4.78, 5) is 16.6. The highest BCUT2D eigenvalue weighted by atomic mass is 32.1. The molecular formula is C16H20N4O2S. The van der Waals surface area contributed by atoms with E-state index in [0.717, 1.165) is 19.3 Å². The summed E-state index contributed by atoms with van der Waals surface area (Å²) in [5, 5.41) is 20.0. The Morgan fingerprint density at radius 1 is 1.35 bits per heavy atom. The van der Waals surface area contributed by atoms with Gasteiger partial charge in [0.25, 0.3) is 0 Å². The third kappa shape index (κ3) is 3.98. The molecule has 122 valence electrons. The number of anilines is 2. The van der Waals surface area contributed by atoms with Crippen molar-refractivity contribution in [3.05, 3.63) is 44.8 Å². The van der Waals surface area contributed by atoms with Gasteiger partial charge in [-0.3, -0.25) is 10.1 Å². The second-order valence-electron chi connectivity index (χ2n) is 5.69. The van der Waals surface area contributed by atoms with E-state index in [-0.39, 0.29) is 10.6 Å². The molecule has 0 unspecified atom stereocenters. The first-order valence-electron chi connectivity index (χ1n) is 7.90. The van der Waals surface area contributed by atoms with Gasteiger partial charge in [-0.1, -0.05) is 18.9 Å². The SMILES string of the molecule is O=[N+]([O-])c1c(NCCc2cccs2)ccnc1NC1CCCC1. The minimum absolute atomic E-state index is 0.0468. The van der Waals surface area contributed by atoms with Crippen LogP contribution in [-0.2, 0) is 6.42 Å². The number of thiophene rings is 1. The quantitative estimate of drug-likeness (QED) is 0.590. The summed E-state index contributed by atoms with van der Waals surface area (Å²) in [5.74, 6) is 0.378. The standard InChI is InChI=1S/C16H20N4O2S/c21-20(22)15-14(17-9-7-13-6-3-11-23-13)8-10-18-16(15)19-12-4-1-2-5-12/h3,6,8,10-12H,1-2,4-5,7,9H2,(H2,17,18,19). The van der Waals surface area contributed by atoms with E-state index in [1.54, 1.807) is 23.6 Å². The van der Waals surface area contributed by atoms with E-state index in [4.69, 9.17) is 0 Å². The molecule has 2 aromatic heterocycles. The number of aromatic nitrogens is 1. The molecule has 1 aliphatic carbocycles. The predicted octanol–water partition coefficient (Wildman–Crippen LogP) is 4.06. The van der Waals surface area contributed by atoms with Gasteiger partial charge in [0.2, 0.25) is 5.82 Å². The highest BCUT2D eigenvalue weighted by Gasteiger charge is 2.24. The molecule has 2 N–H and O–H groups in total. The van der Waals surface area contributed by atoms with Gasteiger partial charge in [-0.15, -0.1) is 11.3 Å². The van der Waals surface area contributed by atoms with E-state index in [0.29, 0.717) is 24.1 Å². The summed E-state index contributed by atoms with van der Waals surface area (Å²) in [6, 6.07) is 6.05. The van der Waals surface area contributed by atoms with Crippen molar-refractivity contribution in [3.8, 4) is 0 Å². The number of nitrogens with one attached hydrogen (secondary N) is 2. The summed E-state index contributed by atoms with van der Waals surface area (Å²) < 4.78 is 0. The predicted molar refractivity (Wildman–Crippen MR) is 93.3 cm³/mol. The first kappa shape index (κ1) is 15.7. The van der Waals surface area contributed by atoms with Crippen molar-refractivity contribution in [1.82, 2.24) is 4.98 Å². The van der Waals surface area contributed by atoms with Crippen LogP contribution >= 0.6 is 11.3 Å². The lowest BCUT2D eigenvalue weighted by Crippen LogP contribution is -2.17. The maximum absolute atomic E-state index is 11.5. The Morgan fingerprint density at radius 3 is 2.87 bits per heavy atom. The molecular weight excluding hydrogens is 312 g/mol. The Kier molecular flexibility index (Phi) is 5.07. The number of hydrogen-bond acceptors (Lipinski definition) is 6. The minimum atomic E-state index is -0.349. The van der Waals surface area contributed by atoms with E-state index in [9.17, 15) is 10.1 Å². The van der Waals surface area contributed by atoms with Gasteiger partial charge in [-0.05, 0) is 36.8 Å². The lowest BCUT2D eigenvalue weighted by molar-refractivity contribution is -0.383. The fourth-order valence-corrected chi connectivity index (χ4v) is 3.63. The molecule has 0 aliphatic heterocycles. The third-order valence-electron chi connectivity index (χ3n) is 4.07. The molecule has 2 aromatic rings. The van der Waals surface area contributed by atoms with Gasteiger partial charge in [0, 0.05) is 23.7 Å². The van der Waals surface area contributed by atoms with Crippen molar-refractivity contribution in [2.24, 2.45) is 0 Å². The molecule has 23 heavy (non-hydrogen) atoms. The lowest BCUT2D eigenvalue weighted by atomic mass is 10.2. The average molecular weight is 332 g/mol. The Balaban J connectivity index is 1.71. The Hall–Kier alpha value is -2.15. The first-order chi connectivity index (χ1) is 11.2. The van der Waals surface area contributed by atoms with E-state index in [2.05, 4.69) is 21.7 Å². The summed E-state index contributed by atoms with van der Waals surface area (Å²) >= 11 is 1.69. The minimum Gasteiger partial charge on any atom is -0.379 e. The molecule has 0 bridgehead atoms. The van der Waals surface area contributed by atoms with Gasteiger partial charge in [0.1, 0.15) is 5.69 Å². The summed E-state index contributed by atoms with van der Waals surface area (Å²) in [5.41, 5.74) is 0.577. The zero-order valence-electron chi connectivity index (χ0n) is 12.8. The van der Waals surface area contributed by atoms with Crippen molar-refractivity contribution in [3.63, 3.8) is 0 Å². The van der Waals surface area contributed by atoms with Crippen LogP contribution in [0.15, 0.2) is 29.8 Å². The van der Waals surface area contributed by atoms with E-state index in [1.165, 1.54) is 17.7 Å². The third-order valence-corrected chi connectivity index (χ3v) is 5.01. The lowest BCUT2D eigenvalue weighted by Gasteiger charge is -2.14. The van der Waals surface area contributed by atoms with Crippen LogP contribution in [0.5, 0.6) is 0 Å². The molecule has 0 saturated heterocycles. The topological polar surface area (TPSA) is 80.1 Å². The molecule has 0 amide bonds. The fourth-order valence-electron chi connectivity index (χ4n) is 2.93. The van der Waals surface area contributed by atoms with Crippen molar-refractivity contribution in [1.29, 1.82) is 0 Å². The highest BCUT2D eigenvalue weighted by molar-refractivity contribution is 7.09. The van der Waals surface area contributed by atoms with E-state index < -0.39 is 0 Å². The number of nitrogens with zero attached hydrogens (tertiary/aromatic N) is 2.